The zero-order valence-corrected chi connectivity index (χ0v) is 11.9. The number of carboxylic acid groups (broad SMARTS) is 1. The van der Waals surface area contributed by atoms with Gasteiger partial charge < -0.3 is 10.4 Å². The van der Waals surface area contributed by atoms with E-state index in [9.17, 15) is 4.79 Å². The van der Waals surface area contributed by atoms with E-state index < -0.39 is 5.97 Å². The molecule has 104 valence electrons. The second kappa shape index (κ2) is 6.75. The molecule has 0 unspecified atom stereocenters. The second-order valence-electron chi connectivity index (χ2n) is 4.81. The van der Waals surface area contributed by atoms with Gasteiger partial charge in [0.05, 0.1) is 0 Å². The van der Waals surface area contributed by atoms with Gasteiger partial charge in [0.25, 0.3) is 0 Å². The van der Waals surface area contributed by atoms with Gasteiger partial charge in [0.15, 0.2) is 5.16 Å². The number of thioether (sulfide) groups is 1. The molecule has 0 bridgehead atoms. The summed E-state index contributed by atoms with van der Waals surface area (Å²) in [5, 5.41) is 12.9. The zero-order chi connectivity index (χ0) is 13.7. The number of aromatic carboxylic acids is 1. The van der Waals surface area contributed by atoms with Crippen LogP contribution < -0.4 is 5.32 Å². The summed E-state index contributed by atoms with van der Waals surface area (Å²) in [6, 6.07) is 0. The minimum atomic E-state index is -0.987. The molecule has 0 amide bonds. The number of carboxylic acids is 1. The van der Waals surface area contributed by atoms with Crippen molar-refractivity contribution in [2.45, 2.75) is 37.3 Å². The number of carbonyl (C=O) groups is 1. The van der Waals surface area contributed by atoms with Gasteiger partial charge in [0, 0.05) is 12.7 Å². The fourth-order valence-corrected chi connectivity index (χ4v) is 2.73. The molecule has 0 aliphatic heterocycles. The molecule has 1 aliphatic carbocycles. The van der Waals surface area contributed by atoms with Crippen molar-refractivity contribution in [3.05, 3.63) is 11.8 Å². The molecule has 5 nitrogen and oxygen atoms in total. The Hall–Kier alpha value is -1.30. The van der Waals surface area contributed by atoms with Crippen LogP contribution in [0.2, 0.25) is 0 Å². The first-order valence-corrected chi connectivity index (χ1v) is 7.81. The first kappa shape index (κ1) is 14.1. The highest BCUT2D eigenvalue weighted by Crippen LogP contribution is 2.24. The van der Waals surface area contributed by atoms with Crippen molar-refractivity contribution >= 4 is 23.5 Å². The van der Waals surface area contributed by atoms with E-state index in [1.807, 2.05) is 6.26 Å². The lowest BCUT2D eigenvalue weighted by atomic mass is 9.89. The summed E-state index contributed by atoms with van der Waals surface area (Å²) in [4.78, 5) is 19.4. The standard InChI is InChI=1S/C13H19N3O2S/c1-19-13-15-8-10(12(17)18)11(16-13)14-7-9-5-3-2-4-6-9/h8-9H,2-7H2,1H3,(H,17,18)(H,14,15,16). The van der Waals surface area contributed by atoms with E-state index in [0.29, 0.717) is 16.9 Å². The minimum Gasteiger partial charge on any atom is -0.477 e. The maximum atomic E-state index is 11.1. The monoisotopic (exact) mass is 281 g/mol. The third-order valence-electron chi connectivity index (χ3n) is 3.46. The van der Waals surface area contributed by atoms with E-state index in [1.54, 1.807) is 0 Å². The molecule has 0 saturated heterocycles. The minimum absolute atomic E-state index is 0.147. The lowest BCUT2D eigenvalue weighted by molar-refractivity contribution is 0.0697. The van der Waals surface area contributed by atoms with Crippen molar-refractivity contribution in [2.75, 3.05) is 18.1 Å². The number of hydrogen-bond acceptors (Lipinski definition) is 5. The lowest BCUT2D eigenvalue weighted by Gasteiger charge is -2.22. The van der Waals surface area contributed by atoms with E-state index in [1.165, 1.54) is 50.1 Å². The van der Waals surface area contributed by atoms with Crippen LogP contribution in [-0.2, 0) is 0 Å². The molecular weight excluding hydrogens is 262 g/mol. The Kier molecular flexibility index (Phi) is 5.01. The molecule has 0 atom stereocenters. The smallest absolute Gasteiger partial charge is 0.341 e. The number of nitrogens with one attached hydrogen (secondary N) is 1. The van der Waals surface area contributed by atoms with Gasteiger partial charge in [-0.05, 0) is 25.0 Å². The van der Waals surface area contributed by atoms with Gasteiger partial charge in [-0.25, -0.2) is 14.8 Å². The van der Waals surface area contributed by atoms with Gasteiger partial charge in [-0.2, -0.15) is 0 Å². The maximum absolute atomic E-state index is 11.1. The van der Waals surface area contributed by atoms with Crippen LogP contribution in [-0.4, -0.2) is 33.8 Å². The Morgan fingerprint density at radius 2 is 2.21 bits per heavy atom. The van der Waals surface area contributed by atoms with Crippen molar-refractivity contribution in [2.24, 2.45) is 5.92 Å². The van der Waals surface area contributed by atoms with E-state index in [4.69, 9.17) is 5.11 Å². The lowest BCUT2D eigenvalue weighted by Crippen LogP contribution is -2.19. The summed E-state index contributed by atoms with van der Waals surface area (Å²) in [6.45, 7) is 0.797. The van der Waals surface area contributed by atoms with Crippen LogP contribution in [0.25, 0.3) is 0 Å². The Balaban J connectivity index is 2.06. The fraction of sp³-hybridized carbons (Fsp3) is 0.615. The molecule has 2 N–H and O–H groups in total. The quantitative estimate of drug-likeness (QED) is 0.638. The molecule has 1 heterocycles. The molecule has 19 heavy (non-hydrogen) atoms. The first-order chi connectivity index (χ1) is 9.20. The van der Waals surface area contributed by atoms with Gasteiger partial charge in [0.2, 0.25) is 0 Å². The molecule has 1 aromatic rings. The molecule has 2 rings (SSSR count). The zero-order valence-electron chi connectivity index (χ0n) is 11.1. The molecule has 1 aliphatic rings. The molecule has 1 fully saturated rings. The molecule has 1 aromatic heterocycles. The molecular formula is C13H19N3O2S. The van der Waals surface area contributed by atoms with Gasteiger partial charge >= 0.3 is 5.97 Å². The highest BCUT2D eigenvalue weighted by Gasteiger charge is 2.17. The highest BCUT2D eigenvalue weighted by molar-refractivity contribution is 7.98. The largest absolute Gasteiger partial charge is 0.477 e. The van der Waals surface area contributed by atoms with Crippen LogP contribution in [0.3, 0.4) is 0 Å². The number of rotatable bonds is 5. The molecule has 0 spiro atoms. The topological polar surface area (TPSA) is 75.1 Å². The number of aromatic nitrogens is 2. The average Bonchev–Trinajstić information content (AvgIpc) is 2.45. The predicted molar refractivity (Wildman–Crippen MR) is 75.8 cm³/mol. The Morgan fingerprint density at radius 1 is 1.47 bits per heavy atom. The van der Waals surface area contributed by atoms with Crippen LogP contribution in [0.4, 0.5) is 5.82 Å². The summed E-state index contributed by atoms with van der Waals surface area (Å²) in [5.41, 5.74) is 0.147. The summed E-state index contributed by atoms with van der Waals surface area (Å²) >= 11 is 1.41. The van der Waals surface area contributed by atoms with Crippen molar-refractivity contribution in [3.8, 4) is 0 Å². The van der Waals surface area contributed by atoms with Crippen LogP contribution in [0.5, 0.6) is 0 Å². The second-order valence-corrected chi connectivity index (χ2v) is 5.58. The number of nitrogens with zero attached hydrogens (tertiary/aromatic N) is 2. The fourth-order valence-electron chi connectivity index (χ4n) is 2.39. The van der Waals surface area contributed by atoms with Crippen molar-refractivity contribution in [1.82, 2.24) is 9.97 Å². The van der Waals surface area contributed by atoms with Crippen molar-refractivity contribution in [1.29, 1.82) is 0 Å². The van der Waals surface area contributed by atoms with Crippen LogP contribution in [0, 0.1) is 5.92 Å². The van der Waals surface area contributed by atoms with Crippen LogP contribution in [0.1, 0.15) is 42.5 Å². The van der Waals surface area contributed by atoms with E-state index in [-0.39, 0.29) is 5.56 Å². The van der Waals surface area contributed by atoms with Crippen LogP contribution in [0.15, 0.2) is 11.4 Å². The molecule has 6 heteroatoms. The van der Waals surface area contributed by atoms with Gasteiger partial charge in [-0.3, -0.25) is 0 Å². The van der Waals surface area contributed by atoms with E-state index in [0.717, 1.165) is 6.54 Å². The summed E-state index contributed by atoms with van der Waals surface area (Å²) in [5.74, 6) is 0.0827. The molecule has 0 radical (unpaired) electrons. The summed E-state index contributed by atoms with van der Waals surface area (Å²) in [7, 11) is 0. The summed E-state index contributed by atoms with van der Waals surface area (Å²) < 4.78 is 0. The van der Waals surface area contributed by atoms with Gasteiger partial charge in [0.1, 0.15) is 11.4 Å². The first-order valence-electron chi connectivity index (χ1n) is 6.59. The third kappa shape index (κ3) is 3.83. The van der Waals surface area contributed by atoms with Gasteiger partial charge in [-0.1, -0.05) is 31.0 Å². The third-order valence-corrected chi connectivity index (χ3v) is 4.02. The number of hydrogen-bond donors (Lipinski definition) is 2. The van der Waals surface area contributed by atoms with E-state index >= 15 is 0 Å². The number of anilines is 1. The Labute approximate surface area is 117 Å². The Bertz CT molecular complexity index is 448. The molecule has 0 aromatic carbocycles. The van der Waals surface area contributed by atoms with Crippen LogP contribution >= 0.6 is 11.8 Å². The van der Waals surface area contributed by atoms with Crippen molar-refractivity contribution < 1.29 is 9.90 Å². The summed E-state index contributed by atoms with van der Waals surface area (Å²) in [6.07, 6.45) is 9.56. The Morgan fingerprint density at radius 3 is 2.84 bits per heavy atom. The average molecular weight is 281 g/mol. The highest BCUT2D eigenvalue weighted by atomic mass is 32.2. The van der Waals surface area contributed by atoms with Gasteiger partial charge in [-0.15, -0.1) is 0 Å². The van der Waals surface area contributed by atoms with E-state index in [2.05, 4.69) is 15.3 Å². The predicted octanol–water partition coefficient (Wildman–Crippen LogP) is 2.89. The SMILES string of the molecule is CSc1ncc(C(=O)O)c(NCC2CCCCC2)n1. The normalized spacial score (nSPS) is 16.3. The van der Waals surface area contributed by atoms with Crippen molar-refractivity contribution in [3.63, 3.8) is 0 Å². The molecule has 1 saturated carbocycles. The maximum Gasteiger partial charge on any atom is 0.341 e.